The highest BCUT2D eigenvalue weighted by Gasteiger charge is 2.30. The monoisotopic (exact) mass is 268 g/mol. The summed E-state index contributed by atoms with van der Waals surface area (Å²) in [6, 6.07) is 6.27. The van der Waals surface area contributed by atoms with E-state index < -0.39 is 0 Å². The molecule has 15 heavy (non-hydrogen) atoms. The Hall–Kier alpha value is -0.500. The summed E-state index contributed by atoms with van der Waals surface area (Å²) >= 11 is 3.49. The average Bonchev–Trinajstić information content (AvgIpc) is 2.15. The van der Waals surface area contributed by atoms with Crippen LogP contribution in [0.2, 0.25) is 0 Å². The average molecular weight is 269 g/mol. The molecule has 0 spiro atoms. The second-order valence-electron chi connectivity index (χ2n) is 5.26. The fourth-order valence-corrected chi connectivity index (χ4v) is 2.38. The summed E-state index contributed by atoms with van der Waals surface area (Å²) in [7, 11) is 0. The van der Waals surface area contributed by atoms with Gasteiger partial charge in [0.25, 0.3) is 0 Å². The Balaban J connectivity index is 2.24. The van der Waals surface area contributed by atoms with Crippen molar-refractivity contribution in [3.05, 3.63) is 28.2 Å². The van der Waals surface area contributed by atoms with Crippen LogP contribution in [-0.4, -0.2) is 6.10 Å². The largest absolute Gasteiger partial charge is 0.490 e. The van der Waals surface area contributed by atoms with Crippen LogP contribution >= 0.6 is 15.9 Å². The minimum atomic E-state index is 0.227. The van der Waals surface area contributed by atoms with Crippen molar-refractivity contribution in [2.24, 2.45) is 5.41 Å². The number of halogens is 1. The maximum Gasteiger partial charge on any atom is 0.123 e. The molecule has 0 aromatic heterocycles. The summed E-state index contributed by atoms with van der Waals surface area (Å²) in [6.07, 6.45) is 2.58. The standard InChI is InChI=1S/C13H17BrO/c1-13(2,3)12-7-4-9-8-10(14)5-6-11(9)15-12/h5-6,8,12H,4,7H2,1-3H3. The van der Waals surface area contributed by atoms with Crippen LogP contribution in [0.25, 0.3) is 0 Å². The summed E-state index contributed by atoms with van der Waals surface area (Å²) in [6.45, 7) is 6.71. The third-order valence-electron chi connectivity index (χ3n) is 2.93. The first-order valence-electron chi connectivity index (χ1n) is 5.42. The molecule has 82 valence electrons. The molecule has 1 unspecified atom stereocenters. The number of fused-ring (bicyclic) bond motifs is 1. The number of aryl methyl sites for hydroxylation is 1. The summed E-state index contributed by atoms with van der Waals surface area (Å²) < 4.78 is 7.17. The number of hydrogen-bond donors (Lipinski definition) is 0. The topological polar surface area (TPSA) is 9.23 Å². The predicted octanol–water partition coefficient (Wildman–Crippen LogP) is 4.19. The van der Waals surface area contributed by atoms with E-state index >= 15 is 0 Å². The van der Waals surface area contributed by atoms with Crippen LogP contribution in [0.5, 0.6) is 5.75 Å². The minimum absolute atomic E-state index is 0.227. The third-order valence-corrected chi connectivity index (χ3v) is 3.43. The smallest absolute Gasteiger partial charge is 0.123 e. The normalized spacial score (nSPS) is 20.7. The van der Waals surface area contributed by atoms with Gasteiger partial charge in [0.2, 0.25) is 0 Å². The molecule has 0 bridgehead atoms. The summed E-state index contributed by atoms with van der Waals surface area (Å²) in [5.74, 6) is 1.06. The van der Waals surface area contributed by atoms with Crippen molar-refractivity contribution in [2.75, 3.05) is 0 Å². The lowest BCUT2D eigenvalue weighted by atomic mass is 9.84. The molecular weight excluding hydrogens is 252 g/mol. The van der Waals surface area contributed by atoms with Gasteiger partial charge in [0.05, 0.1) is 0 Å². The molecule has 1 aliphatic heterocycles. The Labute approximate surface area is 100.0 Å². The first-order valence-corrected chi connectivity index (χ1v) is 6.21. The van der Waals surface area contributed by atoms with Gasteiger partial charge < -0.3 is 4.74 Å². The number of benzene rings is 1. The molecule has 1 aliphatic rings. The SMILES string of the molecule is CC(C)(C)C1CCc2cc(Br)ccc2O1. The quantitative estimate of drug-likeness (QED) is 0.686. The van der Waals surface area contributed by atoms with Crippen LogP contribution in [0.4, 0.5) is 0 Å². The van der Waals surface area contributed by atoms with Crippen molar-refractivity contribution in [1.82, 2.24) is 0 Å². The molecule has 1 atom stereocenters. The van der Waals surface area contributed by atoms with E-state index in [0.29, 0.717) is 6.10 Å². The molecule has 1 heterocycles. The fourth-order valence-electron chi connectivity index (χ4n) is 1.97. The van der Waals surface area contributed by atoms with E-state index in [-0.39, 0.29) is 5.41 Å². The van der Waals surface area contributed by atoms with Gasteiger partial charge in [0, 0.05) is 4.47 Å². The van der Waals surface area contributed by atoms with Crippen molar-refractivity contribution in [2.45, 2.75) is 39.7 Å². The van der Waals surface area contributed by atoms with Crippen LogP contribution in [0.3, 0.4) is 0 Å². The lowest BCUT2D eigenvalue weighted by molar-refractivity contribution is 0.0674. The Bertz CT molecular complexity index is 365. The maximum atomic E-state index is 6.03. The third kappa shape index (κ3) is 2.36. The Morgan fingerprint density at radius 1 is 1.33 bits per heavy atom. The van der Waals surface area contributed by atoms with Crippen molar-refractivity contribution < 1.29 is 4.74 Å². The highest BCUT2D eigenvalue weighted by molar-refractivity contribution is 9.10. The van der Waals surface area contributed by atoms with Gasteiger partial charge in [0.15, 0.2) is 0 Å². The minimum Gasteiger partial charge on any atom is -0.490 e. The van der Waals surface area contributed by atoms with Crippen molar-refractivity contribution in [1.29, 1.82) is 0 Å². The van der Waals surface area contributed by atoms with Gasteiger partial charge in [-0.2, -0.15) is 0 Å². The summed E-state index contributed by atoms with van der Waals surface area (Å²) in [5.41, 5.74) is 1.55. The van der Waals surface area contributed by atoms with Gasteiger partial charge in [-0.1, -0.05) is 36.7 Å². The fraction of sp³-hybridized carbons (Fsp3) is 0.538. The maximum absolute atomic E-state index is 6.03. The van der Waals surface area contributed by atoms with Crippen LogP contribution < -0.4 is 4.74 Å². The van der Waals surface area contributed by atoms with E-state index in [1.807, 2.05) is 6.07 Å². The lowest BCUT2D eigenvalue weighted by Gasteiger charge is -2.35. The Kier molecular flexibility index (Phi) is 2.80. The molecule has 1 aromatic carbocycles. The predicted molar refractivity (Wildman–Crippen MR) is 66.3 cm³/mol. The van der Waals surface area contributed by atoms with E-state index in [1.54, 1.807) is 0 Å². The van der Waals surface area contributed by atoms with Gasteiger partial charge in [-0.15, -0.1) is 0 Å². The van der Waals surface area contributed by atoms with Gasteiger partial charge >= 0.3 is 0 Å². The first kappa shape index (κ1) is 11.0. The van der Waals surface area contributed by atoms with Crippen molar-refractivity contribution in [3.63, 3.8) is 0 Å². The van der Waals surface area contributed by atoms with Crippen LogP contribution in [0.1, 0.15) is 32.8 Å². The van der Waals surface area contributed by atoms with Gasteiger partial charge in [-0.05, 0) is 42.0 Å². The molecule has 0 aliphatic carbocycles. The van der Waals surface area contributed by atoms with Crippen molar-refractivity contribution >= 4 is 15.9 Å². The van der Waals surface area contributed by atoms with E-state index in [1.165, 1.54) is 5.56 Å². The van der Waals surface area contributed by atoms with Gasteiger partial charge in [0.1, 0.15) is 11.9 Å². The molecule has 0 radical (unpaired) electrons. The molecule has 0 saturated carbocycles. The van der Waals surface area contributed by atoms with Crippen molar-refractivity contribution in [3.8, 4) is 5.75 Å². The lowest BCUT2D eigenvalue weighted by Crippen LogP contribution is -2.35. The summed E-state index contributed by atoms with van der Waals surface area (Å²) in [4.78, 5) is 0. The first-order chi connectivity index (χ1) is 6.97. The molecular formula is C13H17BrO. The van der Waals surface area contributed by atoms with E-state index in [2.05, 4.69) is 48.8 Å². The Morgan fingerprint density at radius 3 is 2.73 bits per heavy atom. The highest BCUT2D eigenvalue weighted by Crippen LogP contribution is 2.36. The van der Waals surface area contributed by atoms with Crippen LogP contribution in [0.15, 0.2) is 22.7 Å². The molecule has 0 amide bonds. The second kappa shape index (κ2) is 3.82. The number of ether oxygens (including phenoxy) is 1. The molecule has 0 N–H and O–H groups in total. The zero-order chi connectivity index (χ0) is 11.1. The zero-order valence-corrected chi connectivity index (χ0v) is 11.1. The molecule has 1 aromatic rings. The second-order valence-corrected chi connectivity index (χ2v) is 6.18. The molecule has 0 fully saturated rings. The van der Waals surface area contributed by atoms with E-state index in [4.69, 9.17) is 4.74 Å². The zero-order valence-electron chi connectivity index (χ0n) is 9.51. The summed E-state index contributed by atoms with van der Waals surface area (Å²) in [5, 5.41) is 0. The molecule has 2 heteroatoms. The number of hydrogen-bond acceptors (Lipinski definition) is 1. The van der Waals surface area contributed by atoms with Crippen LogP contribution in [-0.2, 0) is 6.42 Å². The number of rotatable bonds is 0. The van der Waals surface area contributed by atoms with Gasteiger partial charge in [-0.3, -0.25) is 0 Å². The van der Waals surface area contributed by atoms with Gasteiger partial charge in [-0.25, -0.2) is 0 Å². The molecule has 0 saturated heterocycles. The van der Waals surface area contributed by atoms with Crippen LogP contribution in [0, 0.1) is 5.41 Å². The highest BCUT2D eigenvalue weighted by atomic mass is 79.9. The van der Waals surface area contributed by atoms with E-state index in [0.717, 1.165) is 23.1 Å². The van der Waals surface area contributed by atoms with E-state index in [9.17, 15) is 0 Å². The molecule has 1 nitrogen and oxygen atoms in total. The molecule has 2 rings (SSSR count). The Morgan fingerprint density at radius 2 is 2.07 bits per heavy atom.